The van der Waals surface area contributed by atoms with Gasteiger partial charge in [0.15, 0.2) is 5.16 Å². The van der Waals surface area contributed by atoms with E-state index in [1.165, 1.54) is 6.33 Å². The van der Waals surface area contributed by atoms with Crippen molar-refractivity contribution < 1.29 is 0 Å². The normalized spacial score (nSPS) is 13.5. The summed E-state index contributed by atoms with van der Waals surface area (Å²) >= 11 is 6.04. The first kappa shape index (κ1) is 10.9. The minimum absolute atomic E-state index is 0.637. The monoisotopic (exact) mass is 217 g/mol. The van der Waals surface area contributed by atoms with Gasteiger partial charge in [-0.05, 0) is 17.6 Å². The molecule has 0 fully saturated rings. The Morgan fingerprint density at radius 2 is 2.38 bits per heavy atom. The van der Waals surface area contributed by atoms with Crippen molar-refractivity contribution in [1.82, 2.24) is 15.2 Å². The van der Waals surface area contributed by atoms with E-state index >= 15 is 0 Å². The fourth-order valence-electron chi connectivity index (χ4n) is 0.906. The summed E-state index contributed by atoms with van der Waals surface area (Å²) in [5.41, 5.74) is 0. The molecule has 0 amide bonds. The van der Waals surface area contributed by atoms with Gasteiger partial charge in [0.1, 0.15) is 6.33 Å². The van der Waals surface area contributed by atoms with Crippen LogP contribution in [0, 0.1) is 11.8 Å². The lowest BCUT2D eigenvalue weighted by atomic mass is 10.0. The second-order valence-corrected chi connectivity index (χ2v) is 4.66. The first-order chi connectivity index (χ1) is 6.24. The Balaban J connectivity index is 2.32. The zero-order valence-electron chi connectivity index (χ0n) is 7.90. The van der Waals surface area contributed by atoms with Gasteiger partial charge in [0.25, 0.3) is 0 Å². The molecular formula is C8H15N3S2. The summed E-state index contributed by atoms with van der Waals surface area (Å²) in [6.07, 6.45) is 1.54. The van der Waals surface area contributed by atoms with Gasteiger partial charge in [0.2, 0.25) is 0 Å². The van der Waals surface area contributed by atoms with E-state index in [0.29, 0.717) is 11.8 Å². The SMILES string of the molecule is CC(C)C(CS)CSc1ncn[nH]1. The Morgan fingerprint density at radius 1 is 1.62 bits per heavy atom. The molecule has 1 aromatic heterocycles. The number of thioether (sulfide) groups is 1. The molecule has 1 N–H and O–H groups in total. The van der Waals surface area contributed by atoms with E-state index in [2.05, 4.69) is 41.7 Å². The van der Waals surface area contributed by atoms with Crippen LogP contribution < -0.4 is 0 Å². The minimum Gasteiger partial charge on any atom is -0.254 e. The van der Waals surface area contributed by atoms with Gasteiger partial charge in [-0.1, -0.05) is 25.6 Å². The van der Waals surface area contributed by atoms with Crippen LogP contribution in [0.3, 0.4) is 0 Å². The smallest absolute Gasteiger partial charge is 0.183 e. The molecular weight excluding hydrogens is 202 g/mol. The quantitative estimate of drug-likeness (QED) is 0.586. The Hall–Kier alpha value is -0.160. The maximum absolute atomic E-state index is 4.33. The number of aromatic amines is 1. The summed E-state index contributed by atoms with van der Waals surface area (Å²) in [5, 5.41) is 7.52. The summed E-state index contributed by atoms with van der Waals surface area (Å²) in [6.45, 7) is 4.45. The summed E-state index contributed by atoms with van der Waals surface area (Å²) in [7, 11) is 0. The van der Waals surface area contributed by atoms with Crippen LogP contribution in [0.15, 0.2) is 11.5 Å². The van der Waals surface area contributed by atoms with Crippen molar-refractivity contribution in [1.29, 1.82) is 0 Å². The number of hydrogen-bond acceptors (Lipinski definition) is 4. The zero-order chi connectivity index (χ0) is 9.68. The van der Waals surface area contributed by atoms with Gasteiger partial charge in [0.05, 0.1) is 0 Å². The number of hydrogen-bond donors (Lipinski definition) is 2. The second kappa shape index (κ2) is 5.54. The van der Waals surface area contributed by atoms with E-state index in [4.69, 9.17) is 0 Å². The maximum Gasteiger partial charge on any atom is 0.183 e. The van der Waals surface area contributed by atoms with Crippen molar-refractivity contribution in [3.63, 3.8) is 0 Å². The van der Waals surface area contributed by atoms with E-state index in [9.17, 15) is 0 Å². The highest BCUT2D eigenvalue weighted by Gasteiger charge is 2.12. The van der Waals surface area contributed by atoms with Crippen molar-refractivity contribution in [2.75, 3.05) is 11.5 Å². The number of H-pyrrole nitrogens is 1. The van der Waals surface area contributed by atoms with Crippen LogP contribution in [0.1, 0.15) is 13.8 Å². The van der Waals surface area contributed by atoms with E-state index in [1.54, 1.807) is 11.8 Å². The third-order valence-corrected chi connectivity index (χ3v) is 3.54. The van der Waals surface area contributed by atoms with Crippen molar-refractivity contribution in [3.8, 4) is 0 Å². The third kappa shape index (κ3) is 3.60. The number of aromatic nitrogens is 3. The van der Waals surface area contributed by atoms with Gasteiger partial charge in [-0.15, -0.1) is 0 Å². The Labute approximate surface area is 88.5 Å². The first-order valence-electron chi connectivity index (χ1n) is 4.33. The summed E-state index contributed by atoms with van der Waals surface area (Å²) in [4.78, 5) is 4.05. The van der Waals surface area contributed by atoms with Crippen molar-refractivity contribution >= 4 is 24.4 Å². The number of rotatable bonds is 5. The molecule has 0 aliphatic carbocycles. The topological polar surface area (TPSA) is 41.6 Å². The van der Waals surface area contributed by atoms with Crippen LogP contribution in [0.2, 0.25) is 0 Å². The number of nitrogens with one attached hydrogen (secondary N) is 1. The first-order valence-corrected chi connectivity index (χ1v) is 5.95. The fraction of sp³-hybridized carbons (Fsp3) is 0.750. The van der Waals surface area contributed by atoms with Crippen LogP contribution in [0.5, 0.6) is 0 Å². The van der Waals surface area contributed by atoms with Crippen molar-refractivity contribution in [2.45, 2.75) is 19.0 Å². The summed E-state index contributed by atoms with van der Waals surface area (Å²) < 4.78 is 0. The highest BCUT2D eigenvalue weighted by atomic mass is 32.2. The Morgan fingerprint density at radius 3 is 2.85 bits per heavy atom. The standard InChI is InChI=1S/C8H15N3S2/c1-6(2)7(3-12)4-13-8-9-5-10-11-8/h5-7,12H,3-4H2,1-2H3,(H,9,10,11). The molecule has 13 heavy (non-hydrogen) atoms. The molecule has 5 heteroatoms. The molecule has 0 saturated heterocycles. The molecule has 74 valence electrons. The molecule has 1 heterocycles. The largest absolute Gasteiger partial charge is 0.254 e. The highest BCUT2D eigenvalue weighted by molar-refractivity contribution is 7.99. The average molecular weight is 217 g/mol. The lowest BCUT2D eigenvalue weighted by Gasteiger charge is -2.16. The van der Waals surface area contributed by atoms with Crippen molar-refractivity contribution in [2.24, 2.45) is 11.8 Å². The van der Waals surface area contributed by atoms with Crippen LogP contribution in [0.4, 0.5) is 0 Å². The Bertz CT molecular complexity index is 223. The lowest BCUT2D eigenvalue weighted by molar-refractivity contribution is 0.473. The molecule has 0 bridgehead atoms. The molecule has 1 aromatic rings. The fourth-order valence-corrected chi connectivity index (χ4v) is 2.74. The van der Waals surface area contributed by atoms with Gasteiger partial charge in [-0.2, -0.15) is 17.7 Å². The zero-order valence-corrected chi connectivity index (χ0v) is 9.61. The molecule has 0 saturated carbocycles. The molecule has 0 radical (unpaired) electrons. The number of thiol groups is 1. The van der Waals surface area contributed by atoms with Gasteiger partial charge in [-0.3, -0.25) is 5.10 Å². The average Bonchev–Trinajstić information content (AvgIpc) is 2.57. The van der Waals surface area contributed by atoms with Crippen LogP contribution in [-0.4, -0.2) is 26.7 Å². The van der Waals surface area contributed by atoms with Gasteiger partial charge in [0, 0.05) is 5.75 Å². The van der Waals surface area contributed by atoms with E-state index < -0.39 is 0 Å². The van der Waals surface area contributed by atoms with E-state index in [-0.39, 0.29) is 0 Å². The third-order valence-electron chi connectivity index (χ3n) is 2.00. The predicted octanol–water partition coefficient (Wildman–Crippen LogP) is 2.10. The molecule has 1 atom stereocenters. The maximum atomic E-state index is 4.33. The lowest BCUT2D eigenvalue weighted by Crippen LogP contribution is -2.13. The molecule has 0 aliphatic heterocycles. The molecule has 1 unspecified atom stereocenters. The van der Waals surface area contributed by atoms with Gasteiger partial charge >= 0.3 is 0 Å². The number of nitrogens with zero attached hydrogens (tertiary/aromatic N) is 2. The second-order valence-electron chi connectivity index (χ2n) is 3.29. The summed E-state index contributed by atoms with van der Waals surface area (Å²) in [5.74, 6) is 3.29. The summed E-state index contributed by atoms with van der Waals surface area (Å²) in [6, 6.07) is 0. The predicted molar refractivity (Wildman–Crippen MR) is 59.3 cm³/mol. The van der Waals surface area contributed by atoms with E-state index in [1.807, 2.05) is 0 Å². The Kier molecular flexibility index (Phi) is 4.66. The molecule has 0 spiro atoms. The molecule has 1 rings (SSSR count). The molecule has 0 aromatic carbocycles. The minimum atomic E-state index is 0.637. The molecule has 0 aliphatic rings. The van der Waals surface area contributed by atoms with Crippen LogP contribution in [-0.2, 0) is 0 Å². The van der Waals surface area contributed by atoms with Gasteiger partial charge < -0.3 is 0 Å². The highest BCUT2D eigenvalue weighted by Crippen LogP contribution is 2.21. The van der Waals surface area contributed by atoms with Crippen LogP contribution in [0.25, 0.3) is 0 Å². The van der Waals surface area contributed by atoms with Crippen LogP contribution >= 0.6 is 24.4 Å². The van der Waals surface area contributed by atoms with Crippen molar-refractivity contribution in [3.05, 3.63) is 6.33 Å². The van der Waals surface area contributed by atoms with Gasteiger partial charge in [-0.25, -0.2) is 4.98 Å². The molecule has 3 nitrogen and oxygen atoms in total. The van der Waals surface area contributed by atoms with E-state index in [0.717, 1.165) is 16.7 Å².